The Morgan fingerprint density at radius 3 is 2.00 bits per heavy atom. The zero-order valence-electron chi connectivity index (χ0n) is 8.49. The van der Waals surface area contributed by atoms with Gasteiger partial charge in [-0.1, -0.05) is 6.92 Å². The van der Waals surface area contributed by atoms with E-state index >= 15 is 0 Å². The number of nitrogens with two attached hydrogens (primary N) is 1. The predicted octanol–water partition coefficient (Wildman–Crippen LogP) is -0.654. The van der Waals surface area contributed by atoms with Gasteiger partial charge in [0.15, 0.2) is 0 Å². The normalized spacial score (nSPS) is 11.1. The van der Waals surface area contributed by atoms with E-state index in [2.05, 4.69) is 5.32 Å². The van der Waals surface area contributed by atoms with Crippen molar-refractivity contribution in [2.45, 2.75) is 13.3 Å². The van der Waals surface area contributed by atoms with E-state index in [0.717, 1.165) is 0 Å². The topological polar surface area (TPSA) is 113 Å². The number of aliphatic carboxylic acids is 2. The molecule has 0 aromatic heterocycles. The van der Waals surface area contributed by atoms with E-state index in [4.69, 9.17) is 15.9 Å². The maximum absolute atomic E-state index is 9.85. The molecular weight excluding hydrogens is 188 g/mol. The fourth-order valence-electron chi connectivity index (χ4n) is 0.333. The number of hydrogen-bond acceptors (Lipinski definition) is 4. The maximum Gasteiger partial charge on any atom is 0.307 e. The van der Waals surface area contributed by atoms with Crippen LogP contribution in [0.5, 0.6) is 0 Å². The summed E-state index contributed by atoms with van der Waals surface area (Å²) in [5.41, 5.74) is 4.99. The molecule has 0 aliphatic rings. The van der Waals surface area contributed by atoms with Gasteiger partial charge >= 0.3 is 11.9 Å². The first-order valence-electron chi connectivity index (χ1n) is 4.25. The van der Waals surface area contributed by atoms with Gasteiger partial charge in [-0.25, -0.2) is 0 Å². The lowest BCUT2D eigenvalue weighted by molar-refractivity contribution is -0.140. The summed E-state index contributed by atoms with van der Waals surface area (Å²) in [4.78, 5) is 19.6. The zero-order valence-corrected chi connectivity index (χ0v) is 8.49. The highest BCUT2D eigenvalue weighted by molar-refractivity contribution is 5.69. The summed E-state index contributed by atoms with van der Waals surface area (Å²) in [6, 6.07) is 0. The van der Waals surface area contributed by atoms with E-state index < -0.39 is 17.9 Å². The molecule has 0 radical (unpaired) electrons. The molecule has 0 rings (SSSR count). The molecule has 1 atom stereocenters. The van der Waals surface area contributed by atoms with Crippen molar-refractivity contribution < 1.29 is 19.8 Å². The Balaban J connectivity index is 0. The van der Waals surface area contributed by atoms with Crippen molar-refractivity contribution in [2.75, 3.05) is 20.1 Å². The van der Waals surface area contributed by atoms with Crippen LogP contribution in [0, 0.1) is 5.92 Å². The average molecular weight is 206 g/mol. The molecule has 5 N–H and O–H groups in total. The van der Waals surface area contributed by atoms with E-state index in [1.54, 1.807) is 14.0 Å². The number of carbonyl (C=O) groups is 2. The van der Waals surface area contributed by atoms with Gasteiger partial charge in [-0.15, -0.1) is 0 Å². The van der Waals surface area contributed by atoms with Crippen LogP contribution in [0.3, 0.4) is 0 Å². The summed E-state index contributed by atoms with van der Waals surface area (Å²) in [5, 5.41) is 18.8. The second kappa shape index (κ2) is 9.94. The Morgan fingerprint density at radius 1 is 1.43 bits per heavy atom. The smallest absolute Gasteiger partial charge is 0.307 e. The largest absolute Gasteiger partial charge is 0.481 e. The molecule has 0 fully saturated rings. The molecular formula is C8H18N2O4. The Labute approximate surface area is 83.1 Å². The van der Waals surface area contributed by atoms with Gasteiger partial charge in [0.25, 0.3) is 0 Å². The van der Waals surface area contributed by atoms with E-state index in [9.17, 15) is 9.59 Å². The van der Waals surface area contributed by atoms with Gasteiger partial charge < -0.3 is 21.3 Å². The third kappa shape index (κ3) is 13.4. The quantitative estimate of drug-likeness (QED) is 0.475. The molecule has 6 heteroatoms. The summed E-state index contributed by atoms with van der Waals surface area (Å²) in [7, 11) is 1.73. The summed E-state index contributed by atoms with van der Waals surface area (Å²) in [6.07, 6.45) is 0.205. The molecule has 1 unspecified atom stereocenters. The van der Waals surface area contributed by atoms with Crippen LogP contribution < -0.4 is 11.1 Å². The maximum atomic E-state index is 9.85. The molecule has 14 heavy (non-hydrogen) atoms. The molecule has 0 bridgehead atoms. The molecule has 0 aromatic carbocycles. The molecule has 0 aliphatic heterocycles. The number of rotatable bonds is 5. The van der Waals surface area contributed by atoms with Crippen molar-refractivity contribution in [1.29, 1.82) is 0 Å². The SMILES string of the molecule is CC(CN)C(=O)O.CNCCC(=O)O. The van der Waals surface area contributed by atoms with Crippen molar-refractivity contribution in [2.24, 2.45) is 11.7 Å². The number of nitrogens with one attached hydrogen (secondary N) is 1. The van der Waals surface area contributed by atoms with Gasteiger partial charge in [0.2, 0.25) is 0 Å². The van der Waals surface area contributed by atoms with Crippen LogP contribution in [-0.4, -0.2) is 42.3 Å². The molecule has 6 nitrogen and oxygen atoms in total. The molecule has 0 aliphatic carbocycles. The average Bonchev–Trinajstić information content (AvgIpc) is 2.14. The Morgan fingerprint density at radius 2 is 1.93 bits per heavy atom. The Bertz CT molecular complexity index is 173. The minimum absolute atomic E-state index is 0.205. The predicted molar refractivity (Wildman–Crippen MR) is 52.0 cm³/mol. The first-order chi connectivity index (χ1) is 6.45. The molecule has 0 amide bonds. The van der Waals surface area contributed by atoms with Crippen LogP contribution in [0.1, 0.15) is 13.3 Å². The van der Waals surface area contributed by atoms with Crippen LogP contribution in [0.2, 0.25) is 0 Å². The van der Waals surface area contributed by atoms with E-state index in [-0.39, 0.29) is 13.0 Å². The molecule has 0 aromatic rings. The summed E-state index contributed by atoms with van der Waals surface area (Å²) in [5.74, 6) is -1.99. The van der Waals surface area contributed by atoms with Crippen molar-refractivity contribution in [1.82, 2.24) is 5.32 Å². The highest BCUT2D eigenvalue weighted by Crippen LogP contribution is 1.87. The fraction of sp³-hybridized carbons (Fsp3) is 0.750. The molecule has 84 valence electrons. The lowest BCUT2D eigenvalue weighted by Gasteiger charge is -1.96. The lowest BCUT2D eigenvalue weighted by Crippen LogP contribution is -2.19. The molecule has 0 saturated carbocycles. The van der Waals surface area contributed by atoms with E-state index in [0.29, 0.717) is 6.54 Å². The summed E-state index contributed by atoms with van der Waals surface area (Å²) >= 11 is 0. The summed E-state index contributed by atoms with van der Waals surface area (Å²) in [6.45, 7) is 2.34. The first kappa shape index (κ1) is 15.3. The van der Waals surface area contributed by atoms with Crippen molar-refractivity contribution in [3.63, 3.8) is 0 Å². The Hall–Kier alpha value is -1.14. The van der Waals surface area contributed by atoms with E-state index in [1.165, 1.54) is 0 Å². The van der Waals surface area contributed by atoms with Crippen LogP contribution in [0.15, 0.2) is 0 Å². The van der Waals surface area contributed by atoms with Crippen LogP contribution in [0.4, 0.5) is 0 Å². The molecule has 0 saturated heterocycles. The standard InChI is InChI=1S/2C4H9NO2/c1-5-3-2-4(6)7;1-3(2-5)4(6)7/h5H,2-3H2,1H3,(H,6,7);3H,2,5H2,1H3,(H,6,7). The molecule has 0 spiro atoms. The van der Waals surface area contributed by atoms with Gasteiger partial charge in [-0.2, -0.15) is 0 Å². The highest BCUT2D eigenvalue weighted by Gasteiger charge is 2.05. The highest BCUT2D eigenvalue weighted by atomic mass is 16.4. The zero-order chi connectivity index (χ0) is 11.6. The third-order valence-corrected chi connectivity index (χ3v) is 1.36. The van der Waals surface area contributed by atoms with Crippen molar-refractivity contribution >= 4 is 11.9 Å². The van der Waals surface area contributed by atoms with Gasteiger partial charge in [-0.3, -0.25) is 9.59 Å². The van der Waals surface area contributed by atoms with E-state index in [1.807, 2.05) is 0 Å². The second-order valence-corrected chi connectivity index (χ2v) is 2.72. The number of hydrogen-bond donors (Lipinski definition) is 4. The van der Waals surface area contributed by atoms with Gasteiger partial charge in [-0.05, 0) is 7.05 Å². The van der Waals surface area contributed by atoms with Crippen molar-refractivity contribution in [3.8, 4) is 0 Å². The van der Waals surface area contributed by atoms with Gasteiger partial charge in [0, 0.05) is 13.1 Å². The van der Waals surface area contributed by atoms with Gasteiger partial charge in [0.1, 0.15) is 0 Å². The van der Waals surface area contributed by atoms with Crippen LogP contribution in [0.25, 0.3) is 0 Å². The second-order valence-electron chi connectivity index (χ2n) is 2.72. The van der Waals surface area contributed by atoms with Crippen molar-refractivity contribution in [3.05, 3.63) is 0 Å². The number of carboxylic acids is 2. The first-order valence-corrected chi connectivity index (χ1v) is 4.25. The third-order valence-electron chi connectivity index (χ3n) is 1.36. The number of carboxylic acid groups (broad SMARTS) is 2. The lowest BCUT2D eigenvalue weighted by atomic mass is 10.2. The summed E-state index contributed by atoms with van der Waals surface area (Å²) < 4.78 is 0. The van der Waals surface area contributed by atoms with Gasteiger partial charge in [0.05, 0.1) is 12.3 Å². The minimum atomic E-state index is -0.831. The fourth-order valence-corrected chi connectivity index (χ4v) is 0.333. The minimum Gasteiger partial charge on any atom is -0.481 e. The van der Waals surface area contributed by atoms with Crippen LogP contribution >= 0.6 is 0 Å². The monoisotopic (exact) mass is 206 g/mol. The Kier molecular flexibility index (Phi) is 10.9. The molecule has 0 heterocycles. The van der Waals surface area contributed by atoms with Crippen LogP contribution in [-0.2, 0) is 9.59 Å².